The van der Waals surface area contributed by atoms with Crippen LogP contribution >= 0.6 is 23.8 Å². The van der Waals surface area contributed by atoms with Crippen molar-refractivity contribution in [1.82, 2.24) is 14.8 Å². The van der Waals surface area contributed by atoms with E-state index in [1.165, 1.54) is 0 Å². The minimum atomic E-state index is 0.252. The van der Waals surface area contributed by atoms with Gasteiger partial charge in [-0.05, 0) is 61.5 Å². The van der Waals surface area contributed by atoms with Gasteiger partial charge >= 0.3 is 0 Å². The number of halogens is 1. The monoisotopic (exact) mass is 403 g/mol. The van der Waals surface area contributed by atoms with Gasteiger partial charge in [0.15, 0.2) is 22.1 Å². The minimum Gasteiger partial charge on any atom is -0.486 e. The number of benzene rings is 2. The molecule has 8 heteroatoms. The van der Waals surface area contributed by atoms with Crippen molar-refractivity contribution in [2.24, 2.45) is 0 Å². The van der Waals surface area contributed by atoms with E-state index in [1.54, 1.807) is 0 Å². The molecule has 0 atom stereocenters. The molecule has 0 radical (unpaired) electrons. The molecule has 1 N–H and O–H groups in total. The zero-order chi connectivity index (χ0) is 19.0. The number of nitrogens with one attached hydrogen (secondary N) is 1. The first-order chi connectivity index (χ1) is 13.0. The van der Waals surface area contributed by atoms with Crippen molar-refractivity contribution >= 4 is 23.8 Å². The third kappa shape index (κ3) is 3.52. The van der Waals surface area contributed by atoms with Gasteiger partial charge in [-0.15, -0.1) is 0 Å². The molecule has 0 amide bonds. The van der Waals surface area contributed by atoms with E-state index < -0.39 is 0 Å². The number of aryl methyl sites for hydroxylation is 2. The molecule has 27 heavy (non-hydrogen) atoms. The van der Waals surface area contributed by atoms with Crippen LogP contribution in [-0.4, -0.2) is 28.0 Å². The standard InChI is InChI=1S/C19H18ClN3O3S/c1-11-7-14(8-12(2)18(11)20)26-10-17-21-22-19(27)23(17)13-3-4-15-16(9-13)25-6-5-24-15/h3-4,7-9H,5-6,10H2,1-2H3,(H,22,27). The van der Waals surface area contributed by atoms with Gasteiger partial charge in [-0.2, -0.15) is 5.10 Å². The number of ether oxygens (including phenoxy) is 3. The van der Waals surface area contributed by atoms with Gasteiger partial charge in [-0.25, -0.2) is 0 Å². The molecule has 6 nitrogen and oxygen atoms in total. The van der Waals surface area contributed by atoms with Gasteiger partial charge in [0, 0.05) is 11.1 Å². The fourth-order valence-corrected chi connectivity index (χ4v) is 3.37. The van der Waals surface area contributed by atoms with Gasteiger partial charge in [0.05, 0.1) is 5.69 Å². The highest BCUT2D eigenvalue weighted by Gasteiger charge is 2.16. The average molecular weight is 404 g/mol. The highest BCUT2D eigenvalue weighted by atomic mass is 35.5. The number of fused-ring (bicyclic) bond motifs is 1. The van der Waals surface area contributed by atoms with Crippen LogP contribution in [0.5, 0.6) is 17.2 Å². The van der Waals surface area contributed by atoms with Crippen LogP contribution in [0, 0.1) is 18.6 Å². The Labute approximate surface area is 166 Å². The first-order valence-corrected chi connectivity index (χ1v) is 9.27. The second-order valence-corrected chi connectivity index (χ2v) is 7.03. The predicted molar refractivity (Wildman–Crippen MR) is 105 cm³/mol. The number of hydrogen-bond donors (Lipinski definition) is 1. The molecule has 2 heterocycles. The number of aromatic amines is 1. The van der Waals surface area contributed by atoms with Crippen molar-refractivity contribution in [1.29, 1.82) is 0 Å². The Morgan fingerprint density at radius 1 is 1.15 bits per heavy atom. The van der Waals surface area contributed by atoms with Gasteiger partial charge in [0.2, 0.25) is 0 Å². The SMILES string of the molecule is Cc1cc(OCc2n[nH]c(=S)n2-c2ccc3c(c2)OCCO3)cc(C)c1Cl. The second-order valence-electron chi connectivity index (χ2n) is 6.27. The number of nitrogens with zero attached hydrogens (tertiary/aromatic N) is 2. The van der Waals surface area contributed by atoms with Crippen molar-refractivity contribution < 1.29 is 14.2 Å². The van der Waals surface area contributed by atoms with Gasteiger partial charge in [0.25, 0.3) is 0 Å². The molecule has 4 rings (SSSR count). The summed E-state index contributed by atoms with van der Waals surface area (Å²) in [6, 6.07) is 9.49. The lowest BCUT2D eigenvalue weighted by Gasteiger charge is -2.19. The number of hydrogen-bond acceptors (Lipinski definition) is 5. The normalized spacial score (nSPS) is 12.9. The van der Waals surface area contributed by atoms with E-state index in [0.29, 0.717) is 29.6 Å². The van der Waals surface area contributed by atoms with E-state index in [0.717, 1.165) is 33.3 Å². The third-order valence-electron chi connectivity index (χ3n) is 4.30. The van der Waals surface area contributed by atoms with Crippen LogP contribution in [0.25, 0.3) is 5.69 Å². The smallest absolute Gasteiger partial charge is 0.199 e. The Hall–Kier alpha value is -2.51. The number of rotatable bonds is 4. The summed E-state index contributed by atoms with van der Waals surface area (Å²) in [6.07, 6.45) is 0. The number of H-pyrrole nitrogens is 1. The molecular formula is C19H18ClN3O3S. The maximum Gasteiger partial charge on any atom is 0.199 e. The van der Waals surface area contributed by atoms with Gasteiger partial charge < -0.3 is 14.2 Å². The van der Waals surface area contributed by atoms with Crippen LogP contribution in [0.4, 0.5) is 0 Å². The van der Waals surface area contributed by atoms with Gasteiger partial charge in [0.1, 0.15) is 25.6 Å². The maximum absolute atomic E-state index is 6.22. The lowest BCUT2D eigenvalue weighted by atomic mass is 10.1. The van der Waals surface area contributed by atoms with Crippen molar-refractivity contribution in [3.63, 3.8) is 0 Å². The molecule has 0 spiro atoms. The summed E-state index contributed by atoms with van der Waals surface area (Å²) in [4.78, 5) is 0. The zero-order valence-corrected chi connectivity index (χ0v) is 16.5. The molecule has 0 fully saturated rings. The molecule has 1 aliphatic rings. The Morgan fingerprint density at radius 2 is 1.85 bits per heavy atom. The molecule has 140 valence electrons. The first kappa shape index (κ1) is 17.9. The Morgan fingerprint density at radius 3 is 2.59 bits per heavy atom. The lowest BCUT2D eigenvalue weighted by Crippen LogP contribution is -2.15. The molecule has 1 aromatic heterocycles. The molecular weight excluding hydrogens is 386 g/mol. The van der Waals surface area contributed by atoms with E-state index in [1.807, 2.05) is 48.7 Å². The predicted octanol–water partition coefficient (Wildman–Crippen LogP) is 4.55. The molecule has 0 aliphatic carbocycles. The highest BCUT2D eigenvalue weighted by molar-refractivity contribution is 7.71. The summed E-state index contributed by atoms with van der Waals surface area (Å²) in [5.41, 5.74) is 2.77. The molecule has 0 saturated carbocycles. The largest absolute Gasteiger partial charge is 0.486 e. The summed E-state index contributed by atoms with van der Waals surface area (Å²) in [6.45, 7) is 5.23. The topological polar surface area (TPSA) is 61.3 Å². The molecule has 0 bridgehead atoms. The maximum atomic E-state index is 6.22. The van der Waals surface area contributed by atoms with E-state index in [4.69, 9.17) is 38.0 Å². The first-order valence-electron chi connectivity index (χ1n) is 8.49. The Kier molecular flexibility index (Phi) is 4.80. The van der Waals surface area contributed by atoms with Crippen LogP contribution in [0.3, 0.4) is 0 Å². The van der Waals surface area contributed by atoms with Crippen LogP contribution in [0.1, 0.15) is 17.0 Å². The number of aromatic nitrogens is 3. The fraction of sp³-hybridized carbons (Fsp3) is 0.263. The summed E-state index contributed by atoms with van der Waals surface area (Å²) in [7, 11) is 0. The average Bonchev–Trinajstić information content (AvgIpc) is 3.04. The summed E-state index contributed by atoms with van der Waals surface area (Å²) in [5, 5.41) is 7.88. The zero-order valence-electron chi connectivity index (χ0n) is 14.9. The van der Waals surface area contributed by atoms with E-state index in [-0.39, 0.29) is 6.61 Å². The minimum absolute atomic E-state index is 0.252. The van der Waals surface area contributed by atoms with Crippen molar-refractivity contribution in [3.8, 4) is 22.9 Å². The summed E-state index contributed by atoms with van der Waals surface area (Å²) < 4.78 is 19.5. The molecule has 3 aromatic rings. The van der Waals surface area contributed by atoms with E-state index in [2.05, 4.69) is 10.2 Å². The highest BCUT2D eigenvalue weighted by Crippen LogP contribution is 2.32. The van der Waals surface area contributed by atoms with E-state index >= 15 is 0 Å². The van der Waals surface area contributed by atoms with Gasteiger partial charge in [-0.1, -0.05) is 11.6 Å². The van der Waals surface area contributed by atoms with Crippen LogP contribution in [0.2, 0.25) is 5.02 Å². The lowest BCUT2D eigenvalue weighted by molar-refractivity contribution is 0.171. The third-order valence-corrected chi connectivity index (χ3v) is 5.17. The van der Waals surface area contributed by atoms with Crippen LogP contribution < -0.4 is 14.2 Å². The second kappa shape index (κ2) is 7.25. The molecule has 0 unspecified atom stereocenters. The summed E-state index contributed by atoms with van der Waals surface area (Å²) in [5.74, 6) is 2.81. The van der Waals surface area contributed by atoms with E-state index in [9.17, 15) is 0 Å². The molecule has 1 aliphatic heterocycles. The Balaban J connectivity index is 1.62. The van der Waals surface area contributed by atoms with Crippen LogP contribution in [0.15, 0.2) is 30.3 Å². The summed E-state index contributed by atoms with van der Waals surface area (Å²) >= 11 is 11.6. The van der Waals surface area contributed by atoms with Gasteiger partial charge in [-0.3, -0.25) is 9.67 Å². The van der Waals surface area contributed by atoms with Crippen molar-refractivity contribution in [2.45, 2.75) is 20.5 Å². The molecule has 2 aromatic carbocycles. The Bertz CT molecular complexity index is 1040. The molecule has 0 saturated heterocycles. The van der Waals surface area contributed by atoms with Crippen LogP contribution in [-0.2, 0) is 6.61 Å². The quantitative estimate of drug-likeness (QED) is 0.647. The van der Waals surface area contributed by atoms with Crippen molar-refractivity contribution in [3.05, 3.63) is 57.1 Å². The van der Waals surface area contributed by atoms with Crippen molar-refractivity contribution in [2.75, 3.05) is 13.2 Å². The fourth-order valence-electron chi connectivity index (χ4n) is 3.00.